The Hall–Kier alpha value is -0.830. The van der Waals surface area contributed by atoms with Gasteiger partial charge in [-0.05, 0) is 44.6 Å². The fraction of sp³-hybridized carbons (Fsp3) is 0.688. The highest BCUT2D eigenvalue weighted by Gasteiger charge is 2.24. The van der Waals surface area contributed by atoms with E-state index in [9.17, 15) is 4.79 Å². The van der Waals surface area contributed by atoms with Gasteiger partial charge in [0.15, 0.2) is 0 Å². The van der Waals surface area contributed by atoms with Crippen molar-refractivity contribution < 1.29 is 9.53 Å². The van der Waals surface area contributed by atoms with Gasteiger partial charge in [0, 0.05) is 10.3 Å². The standard InChI is InChI=1S/C16H26O2S/c1-10(2)8-12-13(9-19-14(12)11(3)4)15(17)18-16(5,6)7/h9-11H,8H2,1-7H3. The van der Waals surface area contributed by atoms with Crippen molar-refractivity contribution in [3.63, 3.8) is 0 Å². The van der Waals surface area contributed by atoms with Crippen molar-refractivity contribution in [1.29, 1.82) is 0 Å². The summed E-state index contributed by atoms with van der Waals surface area (Å²) in [6, 6.07) is 0. The van der Waals surface area contributed by atoms with Crippen LogP contribution in [0.25, 0.3) is 0 Å². The fourth-order valence-corrected chi connectivity index (χ4v) is 3.10. The molecule has 108 valence electrons. The third-order valence-electron chi connectivity index (χ3n) is 2.68. The van der Waals surface area contributed by atoms with Crippen LogP contribution in [0.5, 0.6) is 0 Å². The summed E-state index contributed by atoms with van der Waals surface area (Å²) < 4.78 is 5.51. The molecule has 0 bridgehead atoms. The molecule has 0 radical (unpaired) electrons. The highest BCUT2D eigenvalue weighted by Crippen LogP contribution is 2.32. The molecule has 2 nitrogen and oxygen atoms in total. The van der Waals surface area contributed by atoms with Crippen molar-refractivity contribution in [2.24, 2.45) is 5.92 Å². The van der Waals surface area contributed by atoms with Gasteiger partial charge in [0.25, 0.3) is 0 Å². The zero-order valence-electron chi connectivity index (χ0n) is 13.2. The Bertz CT molecular complexity index is 436. The van der Waals surface area contributed by atoms with E-state index in [1.54, 1.807) is 11.3 Å². The summed E-state index contributed by atoms with van der Waals surface area (Å²) >= 11 is 1.68. The minimum absolute atomic E-state index is 0.189. The maximum Gasteiger partial charge on any atom is 0.339 e. The highest BCUT2D eigenvalue weighted by atomic mass is 32.1. The van der Waals surface area contributed by atoms with Crippen LogP contribution in [0.15, 0.2) is 5.38 Å². The lowest BCUT2D eigenvalue weighted by molar-refractivity contribution is 0.00688. The largest absolute Gasteiger partial charge is 0.456 e. The summed E-state index contributed by atoms with van der Waals surface area (Å²) in [4.78, 5) is 13.6. The molecule has 0 aliphatic rings. The minimum atomic E-state index is -0.438. The summed E-state index contributed by atoms with van der Waals surface area (Å²) in [5.41, 5.74) is 1.51. The molecule has 1 rings (SSSR count). The first-order valence-corrected chi connectivity index (χ1v) is 7.83. The van der Waals surface area contributed by atoms with Gasteiger partial charge < -0.3 is 4.74 Å². The number of esters is 1. The van der Waals surface area contributed by atoms with Crippen molar-refractivity contribution in [1.82, 2.24) is 0 Å². The maximum absolute atomic E-state index is 12.3. The van der Waals surface area contributed by atoms with Crippen LogP contribution in [0.4, 0.5) is 0 Å². The quantitative estimate of drug-likeness (QED) is 0.724. The van der Waals surface area contributed by atoms with E-state index in [0.717, 1.165) is 12.0 Å². The van der Waals surface area contributed by atoms with Gasteiger partial charge in [-0.3, -0.25) is 0 Å². The van der Waals surface area contributed by atoms with Crippen molar-refractivity contribution in [2.75, 3.05) is 0 Å². The van der Waals surface area contributed by atoms with Crippen LogP contribution >= 0.6 is 11.3 Å². The lowest BCUT2D eigenvalue weighted by atomic mass is 9.96. The number of carbonyl (C=O) groups is 1. The van der Waals surface area contributed by atoms with Crippen LogP contribution < -0.4 is 0 Å². The Morgan fingerprint density at radius 3 is 2.26 bits per heavy atom. The first-order chi connectivity index (χ1) is 8.61. The van der Waals surface area contributed by atoms with Gasteiger partial charge in [0.1, 0.15) is 5.60 Å². The lowest BCUT2D eigenvalue weighted by Crippen LogP contribution is -2.24. The van der Waals surface area contributed by atoms with E-state index in [1.165, 1.54) is 10.4 Å². The Morgan fingerprint density at radius 1 is 1.26 bits per heavy atom. The van der Waals surface area contributed by atoms with Gasteiger partial charge in [-0.1, -0.05) is 27.7 Å². The van der Waals surface area contributed by atoms with E-state index in [4.69, 9.17) is 4.74 Å². The third-order valence-corrected chi connectivity index (χ3v) is 4.01. The lowest BCUT2D eigenvalue weighted by Gasteiger charge is -2.20. The van der Waals surface area contributed by atoms with E-state index in [2.05, 4.69) is 27.7 Å². The monoisotopic (exact) mass is 282 g/mol. The number of carbonyl (C=O) groups excluding carboxylic acids is 1. The molecular formula is C16H26O2S. The smallest absolute Gasteiger partial charge is 0.339 e. The second-order valence-electron chi connectivity index (χ2n) is 6.75. The number of thiophene rings is 1. The maximum atomic E-state index is 12.3. The summed E-state index contributed by atoms with van der Waals surface area (Å²) in [6.07, 6.45) is 0.936. The second-order valence-corrected chi connectivity index (χ2v) is 7.66. The SMILES string of the molecule is CC(C)Cc1c(C(=O)OC(C)(C)C)csc1C(C)C. The molecule has 0 unspecified atom stereocenters. The van der Waals surface area contributed by atoms with E-state index >= 15 is 0 Å². The van der Waals surface area contributed by atoms with Crippen molar-refractivity contribution >= 4 is 17.3 Å². The highest BCUT2D eigenvalue weighted by molar-refractivity contribution is 7.10. The van der Waals surface area contributed by atoms with Gasteiger partial charge in [-0.25, -0.2) is 4.79 Å². The molecule has 3 heteroatoms. The van der Waals surface area contributed by atoms with Crippen LogP contribution in [-0.4, -0.2) is 11.6 Å². The molecule has 0 aromatic carbocycles. The third kappa shape index (κ3) is 4.64. The van der Waals surface area contributed by atoms with Crippen LogP contribution in [0, 0.1) is 5.92 Å². The first kappa shape index (κ1) is 16.2. The zero-order chi connectivity index (χ0) is 14.8. The second kappa shape index (κ2) is 6.08. The van der Waals surface area contributed by atoms with Gasteiger partial charge in [0.2, 0.25) is 0 Å². The van der Waals surface area contributed by atoms with Gasteiger partial charge in [-0.15, -0.1) is 11.3 Å². The van der Waals surface area contributed by atoms with Crippen LogP contribution in [0.3, 0.4) is 0 Å². The number of ether oxygens (including phenoxy) is 1. The molecule has 0 N–H and O–H groups in total. The molecule has 0 saturated heterocycles. The fourth-order valence-electron chi connectivity index (χ4n) is 2.01. The molecule has 0 aliphatic heterocycles. The number of hydrogen-bond acceptors (Lipinski definition) is 3. The Balaban J connectivity index is 3.10. The topological polar surface area (TPSA) is 26.3 Å². The average molecular weight is 282 g/mol. The molecule has 0 fully saturated rings. The van der Waals surface area contributed by atoms with Crippen LogP contribution in [0.1, 0.15) is 75.2 Å². The molecule has 0 aliphatic carbocycles. The van der Waals surface area contributed by atoms with Crippen molar-refractivity contribution in [3.05, 3.63) is 21.4 Å². The summed E-state index contributed by atoms with van der Waals surface area (Å²) in [5, 5.41) is 1.96. The number of hydrogen-bond donors (Lipinski definition) is 0. The molecule has 0 atom stereocenters. The summed E-state index contributed by atoms with van der Waals surface area (Å²) in [5.74, 6) is 0.800. The first-order valence-electron chi connectivity index (χ1n) is 6.95. The zero-order valence-corrected chi connectivity index (χ0v) is 14.0. The average Bonchev–Trinajstić information content (AvgIpc) is 2.57. The minimum Gasteiger partial charge on any atom is -0.456 e. The Kier molecular flexibility index (Phi) is 5.19. The molecular weight excluding hydrogens is 256 g/mol. The van der Waals surface area contributed by atoms with E-state index in [-0.39, 0.29) is 5.97 Å². The van der Waals surface area contributed by atoms with Gasteiger partial charge >= 0.3 is 5.97 Å². The van der Waals surface area contributed by atoms with Crippen LogP contribution in [-0.2, 0) is 11.2 Å². The molecule has 1 aromatic heterocycles. The normalized spacial score (nSPS) is 12.3. The molecule has 1 heterocycles. The molecule has 0 saturated carbocycles. The van der Waals surface area contributed by atoms with Crippen LogP contribution in [0.2, 0.25) is 0 Å². The molecule has 19 heavy (non-hydrogen) atoms. The predicted molar refractivity (Wildman–Crippen MR) is 82.1 cm³/mol. The molecule has 0 spiro atoms. The van der Waals surface area contributed by atoms with E-state index < -0.39 is 5.60 Å². The van der Waals surface area contributed by atoms with E-state index in [1.807, 2.05) is 26.2 Å². The Morgan fingerprint density at radius 2 is 1.84 bits per heavy atom. The number of rotatable bonds is 4. The summed E-state index contributed by atoms with van der Waals surface area (Å²) in [7, 11) is 0. The van der Waals surface area contributed by atoms with E-state index in [0.29, 0.717) is 11.8 Å². The van der Waals surface area contributed by atoms with Gasteiger partial charge in [-0.2, -0.15) is 0 Å². The summed E-state index contributed by atoms with van der Waals surface area (Å²) in [6.45, 7) is 14.4. The van der Waals surface area contributed by atoms with Gasteiger partial charge in [0.05, 0.1) is 5.56 Å². The molecule has 0 amide bonds. The van der Waals surface area contributed by atoms with Crippen molar-refractivity contribution in [2.45, 2.75) is 66.4 Å². The van der Waals surface area contributed by atoms with Crippen molar-refractivity contribution in [3.8, 4) is 0 Å². The Labute approximate surface area is 121 Å². The molecule has 1 aromatic rings. The predicted octanol–water partition coefficient (Wildman–Crippen LogP) is 5.03.